The molecule has 1 saturated heterocycles. The second-order valence-electron chi connectivity index (χ2n) is 4.63. The van der Waals surface area contributed by atoms with Crippen molar-refractivity contribution in [1.29, 1.82) is 0 Å². The molecule has 16 heavy (non-hydrogen) atoms. The van der Waals surface area contributed by atoms with Crippen LogP contribution in [0.15, 0.2) is 12.1 Å². The van der Waals surface area contributed by atoms with Gasteiger partial charge in [0.1, 0.15) is 5.75 Å². The van der Waals surface area contributed by atoms with Gasteiger partial charge in [0.2, 0.25) is 0 Å². The van der Waals surface area contributed by atoms with Crippen molar-refractivity contribution in [2.24, 2.45) is 0 Å². The minimum Gasteiger partial charge on any atom is -0.497 e. The predicted molar refractivity (Wildman–Crippen MR) is 61.9 cm³/mol. The zero-order valence-corrected chi connectivity index (χ0v) is 9.75. The Kier molecular flexibility index (Phi) is 2.37. The first-order valence-corrected chi connectivity index (χ1v) is 5.79. The van der Waals surface area contributed by atoms with Crippen LogP contribution in [0.2, 0.25) is 0 Å². The number of nitrogens with one attached hydrogen (secondary N) is 1. The number of aryl methyl sites for hydroxylation is 1. The lowest BCUT2D eigenvalue weighted by Gasteiger charge is -2.29. The highest BCUT2D eigenvalue weighted by Crippen LogP contribution is 2.37. The molecule has 0 spiro atoms. The van der Waals surface area contributed by atoms with E-state index in [0.29, 0.717) is 12.0 Å². The van der Waals surface area contributed by atoms with Crippen molar-refractivity contribution in [2.45, 2.75) is 25.6 Å². The third-order valence-corrected chi connectivity index (χ3v) is 3.72. The zero-order chi connectivity index (χ0) is 11.1. The second-order valence-corrected chi connectivity index (χ2v) is 4.63. The van der Waals surface area contributed by atoms with Crippen molar-refractivity contribution in [3.63, 3.8) is 0 Å². The molecule has 0 bridgehead atoms. The standard InChI is InChI=1S/C13H17NO2/c1-8-3-9(15-2)4-10-11-5-14-6-13(11)16-7-12(8)10/h3-4,11,13-14H,5-7H2,1-2H3/t11-,13-/m1/s1. The van der Waals surface area contributed by atoms with Gasteiger partial charge in [0.25, 0.3) is 0 Å². The minimum absolute atomic E-state index is 0.346. The average molecular weight is 219 g/mol. The van der Waals surface area contributed by atoms with Gasteiger partial charge in [-0.3, -0.25) is 0 Å². The van der Waals surface area contributed by atoms with Gasteiger partial charge in [0, 0.05) is 19.0 Å². The Morgan fingerprint density at radius 3 is 3.06 bits per heavy atom. The summed E-state index contributed by atoms with van der Waals surface area (Å²) < 4.78 is 11.2. The molecule has 3 heteroatoms. The maximum Gasteiger partial charge on any atom is 0.119 e. The van der Waals surface area contributed by atoms with Crippen molar-refractivity contribution in [1.82, 2.24) is 5.32 Å². The van der Waals surface area contributed by atoms with Gasteiger partial charge in [-0.2, -0.15) is 0 Å². The number of fused-ring (bicyclic) bond motifs is 3. The van der Waals surface area contributed by atoms with E-state index >= 15 is 0 Å². The van der Waals surface area contributed by atoms with Gasteiger partial charge < -0.3 is 14.8 Å². The molecule has 3 rings (SSSR count). The van der Waals surface area contributed by atoms with Gasteiger partial charge in [-0.25, -0.2) is 0 Å². The summed E-state index contributed by atoms with van der Waals surface area (Å²) >= 11 is 0. The number of hydrogen-bond acceptors (Lipinski definition) is 3. The fourth-order valence-corrected chi connectivity index (χ4v) is 2.79. The Bertz CT molecular complexity index is 417. The first-order chi connectivity index (χ1) is 7.79. The molecular formula is C13H17NO2. The van der Waals surface area contributed by atoms with Crippen LogP contribution in [0.25, 0.3) is 0 Å². The summed E-state index contributed by atoms with van der Waals surface area (Å²) in [5.74, 6) is 1.46. The molecule has 2 heterocycles. The van der Waals surface area contributed by atoms with Gasteiger partial charge in [-0.15, -0.1) is 0 Å². The summed E-state index contributed by atoms with van der Waals surface area (Å²) in [4.78, 5) is 0. The molecule has 0 saturated carbocycles. The van der Waals surface area contributed by atoms with E-state index in [2.05, 4.69) is 24.4 Å². The molecule has 0 radical (unpaired) electrons. The zero-order valence-electron chi connectivity index (χ0n) is 9.75. The molecule has 1 N–H and O–H groups in total. The van der Waals surface area contributed by atoms with Crippen molar-refractivity contribution < 1.29 is 9.47 Å². The summed E-state index contributed by atoms with van der Waals surface area (Å²) in [7, 11) is 1.73. The van der Waals surface area contributed by atoms with Crippen LogP contribution in [-0.2, 0) is 11.3 Å². The topological polar surface area (TPSA) is 30.5 Å². The van der Waals surface area contributed by atoms with Crippen molar-refractivity contribution in [3.8, 4) is 5.75 Å². The molecule has 1 aromatic rings. The number of benzene rings is 1. The van der Waals surface area contributed by atoms with Gasteiger partial charge >= 0.3 is 0 Å². The predicted octanol–water partition coefficient (Wildman–Crippen LogP) is 1.59. The molecule has 0 unspecified atom stereocenters. The molecule has 2 atom stereocenters. The van der Waals surface area contributed by atoms with E-state index in [-0.39, 0.29) is 0 Å². The summed E-state index contributed by atoms with van der Waals surface area (Å²) in [6.45, 7) is 4.87. The molecular weight excluding hydrogens is 202 g/mol. The van der Waals surface area contributed by atoms with Crippen LogP contribution < -0.4 is 10.1 Å². The van der Waals surface area contributed by atoms with E-state index in [4.69, 9.17) is 9.47 Å². The minimum atomic E-state index is 0.346. The molecule has 2 aliphatic rings. The summed E-state index contributed by atoms with van der Waals surface area (Å²) in [5, 5.41) is 3.40. The second kappa shape index (κ2) is 3.75. The summed E-state index contributed by atoms with van der Waals surface area (Å²) in [6.07, 6.45) is 0.346. The van der Waals surface area contributed by atoms with Crippen LogP contribution in [-0.4, -0.2) is 26.3 Å². The molecule has 0 amide bonds. The van der Waals surface area contributed by atoms with E-state index in [1.165, 1.54) is 16.7 Å². The van der Waals surface area contributed by atoms with Crippen LogP contribution in [0.5, 0.6) is 5.75 Å². The Hall–Kier alpha value is -1.06. The average Bonchev–Trinajstić information content (AvgIpc) is 2.77. The molecule has 2 aliphatic heterocycles. The summed E-state index contributed by atoms with van der Waals surface area (Å²) in [5.41, 5.74) is 4.04. The lowest BCUT2D eigenvalue weighted by Crippen LogP contribution is -2.27. The molecule has 0 aromatic heterocycles. The quantitative estimate of drug-likeness (QED) is 0.778. The van der Waals surface area contributed by atoms with Crippen molar-refractivity contribution >= 4 is 0 Å². The highest BCUT2D eigenvalue weighted by atomic mass is 16.5. The monoisotopic (exact) mass is 219 g/mol. The van der Waals surface area contributed by atoms with Crippen molar-refractivity contribution in [2.75, 3.05) is 20.2 Å². The fraction of sp³-hybridized carbons (Fsp3) is 0.538. The molecule has 1 aromatic carbocycles. The van der Waals surface area contributed by atoms with Gasteiger partial charge in [-0.1, -0.05) is 0 Å². The normalized spacial score (nSPS) is 27.4. The number of hydrogen-bond donors (Lipinski definition) is 1. The van der Waals surface area contributed by atoms with E-state index < -0.39 is 0 Å². The van der Waals surface area contributed by atoms with Crippen LogP contribution in [0.1, 0.15) is 22.6 Å². The molecule has 1 fully saturated rings. The Balaban J connectivity index is 2.09. The molecule has 0 aliphatic carbocycles. The molecule has 3 nitrogen and oxygen atoms in total. The number of rotatable bonds is 1. The maximum atomic E-state index is 5.88. The number of methoxy groups -OCH3 is 1. The van der Waals surface area contributed by atoms with Crippen molar-refractivity contribution in [3.05, 3.63) is 28.8 Å². The largest absolute Gasteiger partial charge is 0.497 e. The Labute approximate surface area is 95.8 Å². The highest BCUT2D eigenvalue weighted by Gasteiger charge is 2.35. The lowest BCUT2D eigenvalue weighted by molar-refractivity contribution is 0.0295. The fourth-order valence-electron chi connectivity index (χ4n) is 2.79. The van der Waals surface area contributed by atoms with E-state index in [0.717, 1.165) is 25.4 Å². The maximum absolute atomic E-state index is 5.88. The highest BCUT2D eigenvalue weighted by molar-refractivity contribution is 5.45. The van der Waals surface area contributed by atoms with Crippen LogP contribution in [0.4, 0.5) is 0 Å². The smallest absolute Gasteiger partial charge is 0.119 e. The summed E-state index contributed by atoms with van der Waals surface area (Å²) in [6, 6.07) is 4.26. The van der Waals surface area contributed by atoms with Gasteiger partial charge in [0.05, 0.1) is 19.8 Å². The first-order valence-electron chi connectivity index (χ1n) is 5.79. The Morgan fingerprint density at radius 2 is 2.25 bits per heavy atom. The SMILES string of the molecule is COc1cc(C)c2c(c1)[C@H]1CNC[C@H]1OC2. The van der Waals surface area contributed by atoms with Gasteiger partial charge in [-0.05, 0) is 35.7 Å². The Morgan fingerprint density at radius 1 is 1.38 bits per heavy atom. The number of ether oxygens (including phenoxy) is 2. The first kappa shape index (κ1) is 10.1. The molecule has 86 valence electrons. The van der Waals surface area contributed by atoms with E-state index in [1.807, 2.05) is 0 Å². The van der Waals surface area contributed by atoms with Crippen LogP contribution >= 0.6 is 0 Å². The van der Waals surface area contributed by atoms with Crippen LogP contribution in [0.3, 0.4) is 0 Å². The van der Waals surface area contributed by atoms with Crippen LogP contribution in [0, 0.1) is 6.92 Å². The van der Waals surface area contributed by atoms with E-state index in [1.54, 1.807) is 7.11 Å². The lowest BCUT2D eigenvalue weighted by atomic mass is 9.87. The van der Waals surface area contributed by atoms with Gasteiger partial charge in [0.15, 0.2) is 0 Å². The third-order valence-electron chi connectivity index (χ3n) is 3.72. The third kappa shape index (κ3) is 1.43. The van der Waals surface area contributed by atoms with E-state index in [9.17, 15) is 0 Å².